The number of ether oxygens (including phenoxy) is 2. The third-order valence-electron chi connectivity index (χ3n) is 5.38. The van der Waals surface area contributed by atoms with Crippen molar-refractivity contribution in [3.63, 3.8) is 0 Å². The summed E-state index contributed by atoms with van der Waals surface area (Å²) in [6, 6.07) is 12.7. The second-order valence-corrected chi connectivity index (χ2v) is 9.31. The van der Waals surface area contributed by atoms with Crippen LogP contribution in [-0.2, 0) is 30.9 Å². The van der Waals surface area contributed by atoms with Crippen molar-refractivity contribution in [2.45, 2.75) is 38.3 Å². The molecule has 1 N–H and O–H groups in total. The molecule has 1 aliphatic heterocycles. The van der Waals surface area contributed by atoms with Crippen LogP contribution in [0.3, 0.4) is 0 Å². The number of carbonyl (C=O) groups excluding carboxylic acids is 2. The molecule has 0 fully saturated rings. The zero-order chi connectivity index (χ0) is 24.5. The molecule has 1 aromatic heterocycles. The lowest BCUT2D eigenvalue weighted by molar-refractivity contribution is -0.146. The lowest BCUT2D eigenvalue weighted by Gasteiger charge is -2.15. The van der Waals surface area contributed by atoms with Gasteiger partial charge in [0.25, 0.3) is 10.0 Å². The number of aliphatic imine (C=N–C) groups is 1. The predicted molar refractivity (Wildman–Crippen MR) is 125 cm³/mol. The number of hydrogen-bond donors (Lipinski definition) is 1. The summed E-state index contributed by atoms with van der Waals surface area (Å²) in [6.45, 7) is 4.92. The van der Waals surface area contributed by atoms with Crippen LogP contribution in [0.15, 0.2) is 58.4 Å². The third-order valence-corrected chi connectivity index (χ3v) is 6.78. The number of nitrogens with zero attached hydrogens (tertiary/aromatic N) is 2. The number of amidine groups is 1. The van der Waals surface area contributed by atoms with Gasteiger partial charge in [0.15, 0.2) is 0 Å². The number of benzene rings is 2. The van der Waals surface area contributed by atoms with E-state index in [0.29, 0.717) is 16.6 Å². The minimum absolute atomic E-state index is 0.0759. The van der Waals surface area contributed by atoms with Gasteiger partial charge < -0.3 is 9.47 Å². The van der Waals surface area contributed by atoms with Gasteiger partial charge in [0.1, 0.15) is 18.5 Å². The molecule has 0 aliphatic carbocycles. The molecular weight excluding hydrogens is 458 g/mol. The summed E-state index contributed by atoms with van der Waals surface area (Å²) in [5.41, 5.74) is 2.25. The van der Waals surface area contributed by atoms with E-state index in [1.807, 2.05) is 18.2 Å². The minimum atomic E-state index is -3.72. The fourth-order valence-corrected chi connectivity index (χ4v) is 4.99. The summed E-state index contributed by atoms with van der Waals surface area (Å²) in [6.07, 6.45) is 0. The molecule has 4 rings (SSSR count). The quantitative estimate of drug-likeness (QED) is 0.537. The first-order valence-electron chi connectivity index (χ1n) is 10.6. The van der Waals surface area contributed by atoms with Crippen LogP contribution in [0.4, 0.5) is 0 Å². The van der Waals surface area contributed by atoms with E-state index in [9.17, 15) is 18.0 Å². The van der Waals surface area contributed by atoms with Gasteiger partial charge in [0.2, 0.25) is 0 Å². The summed E-state index contributed by atoms with van der Waals surface area (Å²) in [4.78, 5) is 34.1. The van der Waals surface area contributed by atoms with Gasteiger partial charge in [-0.3, -0.25) is 9.71 Å². The summed E-state index contributed by atoms with van der Waals surface area (Å²) in [5, 5.41) is 0.799. The van der Waals surface area contributed by atoms with Crippen molar-refractivity contribution in [2.24, 2.45) is 4.99 Å². The van der Waals surface area contributed by atoms with E-state index < -0.39 is 28.0 Å². The number of aryl methyl sites for hydroxylation is 1. The highest BCUT2D eigenvalue weighted by Crippen LogP contribution is 2.25. The SMILES string of the molecule is CCOC(=O)c1c(COC(=O)[C@H](C)N=C2NS(=O)(=O)c3ccccc32)nc2ccccc2c1C. The van der Waals surface area contributed by atoms with Crippen LogP contribution in [0, 0.1) is 6.92 Å². The molecule has 0 saturated heterocycles. The number of pyridine rings is 1. The van der Waals surface area contributed by atoms with E-state index in [0.717, 1.165) is 5.39 Å². The van der Waals surface area contributed by atoms with Crippen LogP contribution in [0.2, 0.25) is 0 Å². The summed E-state index contributed by atoms with van der Waals surface area (Å²) in [5.74, 6) is -1.17. The van der Waals surface area contributed by atoms with Gasteiger partial charge in [0, 0.05) is 10.9 Å². The highest BCUT2D eigenvalue weighted by molar-refractivity contribution is 7.90. The fourth-order valence-electron chi connectivity index (χ4n) is 3.76. The number of sulfonamides is 1. The van der Waals surface area contributed by atoms with Gasteiger partial charge in [-0.1, -0.05) is 30.3 Å². The van der Waals surface area contributed by atoms with Gasteiger partial charge in [-0.2, -0.15) is 0 Å². The van der Waals surface area contributed by atoms with Gasteiger partial charge >= 0.3 is 11.9 Å². The van der Waals surface area contributed by atoms with Crippen molar-refractivity contribution in [3.05, 3.63) is 70.9 Å². The molecule has 10 heteroatoms. The van der Waals surface area contributed by atoms with Gasteiger partial charge in [-0.25, -0.2) is 23.0 Å². The lowest BCUT2D eigenvalue weighted by atomic mass is 10.0. The average molecular weight is 482 g/mol. The first-order valence-corrected chi connectivity index (χ1v) is 12.1. The van der Waals surface area contributed by atoms with Gasteiger partial charge in [0.05, 0.1) is 28.3 Å². The molecule has 1 aliphatic rings. The molecule has 0 unspecified atom stereocenters. The molecule has 9 nitrogen and oxygen atoms in total. The van der Waals surface area contributed by atoms with Crippen molar-refractivity contribution in [1.82, 2.24) is 9.71 Å². The van der Waals surface area contributed by atoms with E-state index in [1.54, 1.807) is 38.1 Å². The molecule has 1 atom stereocenters. The van der Waals surface area contributed by atoms with E-state index in [2.05, 4.69) is 14.7 Å². The molecule has 0 spiro atoms. The third kappa shape index (κ3) is 4.36. The lowest BCUT2D eigenvalue weighted by Crippen LogP contribution is -2.27. The standard InChI is InChI=1S/C24H23N3O6S/c1-4-32-24(29)21-14(2)16-9-5-7-11-18(16)26-19(21)13-33-23(28)15(3)25-22-17-10-6-8-12-20(17)34(30,31)27-22/h5-12,15H,4,13H2,1-3H3,(H,25,27)/t15-/m0/s1. The molecule has 3 aromatic rings. The van der Waals surface area contributed by atoms with Crippen molar-refractivity contribution in [2.75, 3.05) is 6.61 Å². The largest absolute Gasteiger partial charge is 0.462 e. The van der Waals surface area contributed by atoms with Crippen LogP contribution in [0.5, 0.6) is 0 Å². The number of rotatable bonds is 6. The normalized spacial score (nSPS) is 16.0. The summed E-state index contributed by atoms with van der Waals surface area (Å²) >= 11 is 0. The average Bonchev–Trinajstić information content (AvgIpc) is 3.07. The number of aromatic nitrogens is 1. The molecule has 34 heavy (non-hydrogen) atoms. The Hall–Kier alpha value is -3.79. The Bertz CT molecular complexity index is 1430. The number of hydrogen-bond acceptors (Lipinski definition) is 8. The Morgan fingerprint density at radius 1 is 1.09 bits per heavy atom. The molecule has 2 heterocycles. The predicted octanol–water partition coefficient (Wildman–Crippen LogP) is 2.89. The molecule has 2 aromatic carbocycles. The fraction of sp³-hybridized carbons (Fsp3) is 0.250. The molecule has 0 saturated carbocycles. The Kier molecular flexibility index (Phi) is 6.34. The minimum Gasteiger partial charge on any atom is -0.462 e. The zero-order valence-electron chi connectivity index (χ0n) is 18.9. The Balaban J connectivity index is 1.58. The van der Waals surface area contributed by atoms with Gasteiger partial charge in [-0.15, -0.1) is 0 Å². The van der Waals surface area contributed by atoms with Crippen molar-refractivity contribution >= 4 is 38.7 Å². The smallest absolute Gasteiger partial charge is 0.340 e. The van der Waals surface area contributed by atoms with Crippen molar-refractivity contribution < 1.29 is 27.5 Å². The van der Waals surface area contributed by atoms with Crippen LogP contribution in [-0.4, -0.2) is 43.8 Å². The van der Waals surface area contributed by atoms with E-state index in [-0.39, 0.29) is 35.2 Å². The van der Waals surface area contributed by atoms with Crippen LogP contribution >= 0.6 is 0 Å². The van der Waals surface area contributed by atoms with Gasteiger partial charge in [-0.05, 0) is 44.5 Å². The van der Waals surface area contributed by atoms with E-state index in [4.69, 9.17) is 9.47 Å². The summed E-state index contributed by atoms with van der Waals surface area (Å²) < 4.78 is 37.5. The maximum Gasteiger partial charge on any atom is 0.340 e. The van der Waals surface area contributed by atoms with Crippen molar-refractivity contribution in [3.8, 4) is 0 Å². The molecule has 0 bridgehead atoms. The maximum atomic E-state index is 12.7. The molecule has 0 radical (unpaired) electrons. The monoisotopic (exact) mass is 481 g/mol. The maximum absolute atomic E-state index is 12.7. The first-order chi connectivity index (χ1) is 16.2. The Morgan fingerprint density at radius 2 is 1.79 bits per heavy atom. The molecule has 176 valence electrons. The highest BCUT2D eigenvalue weighted by atomic mass is 32.2. The Labute approximate surface area is 196 Å². The number of fused-ring (bicyclic) bond motifs is 2. The molecule has 0 amide bonds. The molecular formula is C24H23N3O6S. The van der Waals surface area contributed by atoms with E-state index in [1.165, 1.54) is 13.0 Å². The van der Waals surface area contributed by atoms with Crippen LogP contribution < -0.4 is 4.72 Å². The second-order valence-electron chi connectivity index (χ2n) is 7.66. The number of carbonyl (C=O) groups is 2. The van der Waals surface area contributed by atoms with Crippen molar-refractivity contribution in [1.29, 1.82) is 0 Å². The Morgan fingerprint density at radius 3 is 2.56 bits per heavy atom. The topological polar surface area (TPSA) is 124 Å². The summed E-state index contributed by atoms with van der Waals surface area (Å²) in [7, 11) is -3.72. The van der Waals surface area contributed by atoms with Crippen LogP contribution in [0.25, 0.3) is 10.9 Å². The highest BCUT2D eigenvalue weighted by Gasteiger charge is 2.31. The first kappa shape index (κ1) is 23.4. The van der Waals surface area contributed by atoms with E-state index >= 15 is 0 Å². The van der Waals surface area contributed by atoms with Crippen LogP contribution in [0.1, 0.15) is 41.0 Å². The number of esters is 2. The number of nitrogens with one attached hydrogen (secondary N) is 1. The zero-order valence-corrected chi connectivity index (χ0v) is 19.7. The second kappa shape index (κ2) is 9.22. The number of para-hydroxylation sites is 1.